The van der Waals surface area contributed by atoms with Crippen molar-refractivity contribution in [1.82, 2.24) is 19.9 Å². The minimum atomic E-state index is -0.950. The van der Waals surface area contributed by atoms with Crippen LogP contribution in [0, 0.1) is 0 Å². The van der Waals surface area contributed by atoms with Crippen molar-refractivity contribution in [1.29, 1.82) is 0 Å². The largest absolute Gasteiger partial charge is 0.371 e. The molecule has 0 unspecified atom stereocenters. The maximum atomic E-state index is 13.8. The summed E-state index contributed by atoms with van der Waals surface area (Å²) in [6.45, 7) is 1.14. The van der Waals surface area contributed by atoms with E-state index in [0.29, 0.717) is 35.3 Å². The monoisotopic (exact) mass is 298 g/mol. The van der Waals surface area contributed by atoms with Gasteiger partial charge in [0.2, 0.25) is 5.95 Å². The van der Waals surface area contributed by atoms with E-state index in [1.807, 2.05) is 0 Å². The Bertz CT molecular complexity index is 615. The fraction of sp³-hybridized carbons (Fsp3) is 0.500. The molecule has 1 aliphatic rings. The van der Waals surface area contributed by atoms with Gasteiger partial charge in [-0.3, -0.25) is 0 Å². The van der Waals surface area contributed by atoms with Crippen LogP contribution in [-0.4, -0.2) is 46.9 Å². The highest BCUT2D eigenvalue weighted by Gasteiger charge is 2.25. The Morgan fingerprint density at radius 1 is 1.55 bits per heavy atom. The van der Waals surface area contributed by atoms with Crippen molar-refractivity contribution < 1.29 is 4.39 Å². The number of halogens is 2. The van der Waals surface area contributed by atoms with E-state index in [2.05, 4.69) is 26.0 Å². The third-order valence-corrected chi connectivity index (χ3v) is 3.73. The highest BCUT2D eigenvalue weighted by molar-refractivity contribution is 6.34. The first-order chi connectivity index (χ1) is 9.69. The number of aromatic nitrogens is 3. The standard InChI is InChI=1S/C12H16ClFN6/c1-15-11-10-7(13)3-5-20(10)19-12(18-11)17-9-2-4-16-6-8(9)14/h3,5,8-9,16H,2,4,6H2,1H3,(H2,15,17,18,19)/t8-,9+/m1/s1. The minimum absolute atomic E-state index is 0.274. The number of alkyl halides is 1. The Morgan fingerprint density at radius 3 is 3.15 bits per heavy atom. The van der Waals surface area contributed by atoms with Crippen LogP contribution >= 0.6 is 11.6 Å². The molecule has 0 spiro atoms. The van der Waals surface area contributed by atoms with E-state index in [4.69, 9.17) is 11.6 Å². The van der Waals surface area contributed by atoms with Crippen LogP contribution in [0.15, 0.2) is 12.3 Å². The van der Waals surface area contributed by atoms with Gasteiger partial charge in [-0.25, -0.2) is 8.91 Å². The Labute approximate surface area is 120 Å². The molecule has 2 aromatic heterocycles. The van der Waals surface area contributed by atoms with E-state index in [1.54, 1.807) is 23.8 Å². The summed E-state index contributed by atoms with van der Waals surface area (Å²) in [7, 11) is 1.76. The fourth-order valence-corrected chi connectivity index (χ4v) is 2.60. The maximum Gasteiger partial charge on any atom is 0.243 e. The van der Waals surface area contributed by atoms with E-state index >= 15 is 0 Å². The minimum Gasteiger partial charge on any atom is -0.371 e. The van der Waals surface area contributed by atoms with Gasteiger partial charge in [-0.15, -0.1) is 5.10 Å². The average molecular weight is 299 g/mol. The highest BCUT2D eigenvalue weighted by Crippen LogP contribution is 2.25. The van der Waals surface area contributed by atoms with Crippen LogP contribution in [0.1, 0.15) is 6.42 Å². The van der Waals surface area contributed by atoms with Crippen LogP contribution in [0.2, 0.25) is 5.02 Å². The number of anilines is 2. The quantitative estimate of drug-likeness (QED) is 0.802. The van der Waals surface area contributed by atoms with Gasteiger partial charge in [0.15, 0.2) is 5.82 Å². The van der Waals surface area contributed by atoms with Gasteiger partial charge in [0.1, 0.15) is 11.7 Å². The Kier molecular flexibility index (Phi) is 3.62. The van der Waals surface area contributed by atoms with Crippen molar-refractivity contribution in [2.75, 3.05) is 30.8 Å². The van der Waals surface area contributed by atoms with Crippen LogP contribution in [0.4, 0.5) is 16.2 Å². The predicted molar refractivity (Wildman–Crippen MR) is 77.3 cm³/mol. The third kappa shape index (κ3) is 2.38. The number of hydrogen-bond donors (Lipinski definition) is 3. The molecule has 2 aromatic rings. The summed E-state index contributed by atoms with van der Waals surface area (Å²) in [6, 6.07) is 1.48. The van der Waals surface area contributed by atoms with Crippen molar-refractivity contribution in [2.24, 2.45) is 0 Å². The molecule has 3 N–H and O–H groups in total. The van der Waals surface area contributed by atoms with Crippen molar-refractivity contribution >= 4 is 28.9 Å². The number of piperidine rings is 1. The van der Waals surface area contributed by atoms with Crippen LogP contribution in [0.25, 0.3) is 5.52 Å². The first-order valence-corrected chi connectivity index (χ1v) is 6.91. The van der Waals surface area contributed by atoms with Crippen LogP contribution < -0.4 is 16.0 Å². The average Bonchev–Trinajstić information content (AvgIpc) is 2.82. The molecular weight excluding hydrogens is 283 g/mol. The lowest BCUT2D eigenvalue weighted by Crippen LogP contribution is -2.45. The zero-order valence-electron chi connectivity index (χ0n) is 11.0. The topological polar surface area (TPSA) is 66.3 Å². The van der Waals surface area contributed by atoms with Gasteiger partial charge in [-0.1, -0.05) is 11.6 Å². The Hall–Kier alpha value is -1.60. The molecule has 2 atom stereocenters. The molecule has 0 bridgehead atoms. The lowest BCUT2D eigenvalue weighted by molar-refractivity contribution is 0.244. The fourth-order valence-electron chi connectivity index (χ4n) is 2.37. The zero-order valence-corrected chi connectivity index (χ0v) is 11.8. The normalized spacial score (nSPS) is 22.9. The summed E-state index contributed by atoms with van der Waals surface area (Å²) in [5.41, 5.74) is 0.710. The van der Waals surface area contributed by atoms with Crippen molar-refractivity contribution in [2.45, 2.75) is 18.6 Å². The molecular formula is C12H16ClFN6. The molecule has 1 fully saturated rings. The molecule has 6 nitrogen and oxygen atoms in total. The van der Waals surface area contributed by atoms with E-state index < -0.39 is 6.17 Å². The van der Waals surface area contributed by atoms with Gasteiger partial charge in [0.25, 0.3) is 0 Å². The summed E-state index contributed by atoms with van der Waals surface area (Å²) in [5.74, 6) is 1.01. The number of hydrogen-bond acceptors (Lipinski definition) is 5. The first kappa shape index (κ1) is 13.4. The zero-order chi connectivity index (χ0) is 14.1. The third-order valence-electron chi connectivity index (χ3n) is 3.42. The SMILES string of the molecule is CNc1nc(N[C@H]2CCNC[C@H]2F)nn2ccc(Cl)c12. The van der Waals surface area contributed by atoms with Gasteiger partial charge in [0, 0.05) is 19.8 Å². The molecule has 0 saturated carbocycles. The van der Waals surface area contributed by atoms with Gasteiger partial charge in [-0.2, -0.15) is 4.98 Å². The van der Waals surface area contributed by atoms with Crippen molar-refractivity contribution in [3.63, 3.8) is 0 Å². The number of fused-ring (bicyclic) bond motifs is 1. The lowest BCUT2D eigenvalue weighted by atomic mass is 10.1. The molecule has 20 heavy (non-hydrogen) atoms. The lowest BCUT2D eigenvalue weighted by Gasteiger charge is -2.27. The second-order valence-corrected chi connectivity index (χ2v) is 5.16. The second kappa shape index (κ2) is 5.41. The molecule has 1 saturated heterocycles. The number of rotatable bonds is 3. The van der Waals surface area contributed by atoms with Crippen molar-refractivity contribution in [3.05, 3.63) is 17.3 Å². The smallest absolute Gasteiger partial charge is 0.243 e. The Balaban J connectivity index is 1.91. The van der Waals surface area contributed by atoms with Crippen LogP contribution in [-0.2, 0) is 0 Å². The molecule has 0 radical (unpaired) electrons. The number of nitrogens with zero attached hydrogens (tertiary/aromatic N) is 3. The molecule has 0 aromatic carbocycles. The van der Waals surface area contributed by atoms with Gasteiger partial charge >= 0.3 is 0 Å². The summed E-state index contributed by atoms with van der Waals surface area (Å²) < 4.78 is 15.4. The second-order valence-electron chi connectivity index (χ2n) is 4.75. The maximum absolute atomic E-state index is 13.8. The summed E-state index contributed by atoms with van der Waals surface area (Å²) in [4.78, 5) is 4.36. The van der Waals surface area contributed by atoms with Crippen LogP contribution in [0.3, 0.4) is 0 Å². The highest BCUT2D eigenvalue weighted by atomic mass is 35.5. The van der Waals surface area contributed by atoms with E-state index in [0.717, 1.165) is 6.54 Å². The van der Waals surface area contributed by atoms with Gasteiger partial charge in [0.05, 0.1) is 11.1 Å². The predicted octanol–water partition coefficient (Wildman–Crippen LogP) is 1.54. The molecule has 3 heterocycles. The molecule has 108 valence electrons. The van der Waals surface area contributed by atoms with Gasteiger partial charge < -0.3 is 16.0 Å². The first-order valence-electron chi connectivity index (χ1n) is 6.53. The molecule has 0 aliphatic carbocycles. The summed E-state index contributed by atoms with van der Waals surface area (Å²) in [5, 5.41) is 14.0. The van der Waals surface area contributed by atoms with Crippen LogP contribution in [0.5, 0.6) is 0 Å². The van der Waals surface area contributed by atoms with E-state index in [9.17, 15) is 4.39 Å². The molecule has 0 amide bonds. The molecule has 1 aliphatic heterocycles. The van der Waals surface area contributed by atoms with Gasteiger partial charge in [-0.05, 0) is 19.0 Å². The van der Waals surface area contributed by atoms with Crippen molar-refractivity contribution in [3.8, 4) is 0 Å². The molecule has 8 heteroatoms. The van der Waals surface area contributed by atoms with E-state index in [1.165, 1.54) is 0 Å². The Morgan fingerprint density at radius 2 is 2.40 bits per heavy atom. The summed E-state index contributed by atoms with van der Waals surface area (Å²) >= 11 is 6.09. The summed E-state index contributed by atoms with van der Waals surface area (Å²) in [6.07, 6.45) is 1.50. The van der Waals surface area contributed by atoms with E-state index in [-0.39, 0.29) is 6.04 Å². The molecule has 3 rings (SSSR count). The number of nitrogens with one attached hydrogen (secondary N) is 3.